The number of hydrogen-bond acceptors (Lipinski definition) is 3. The van der Waals surface area contributed by atoms with Crippen molar-refractivity contribution in [1.29, 1.82) is 0 Å². The van der Waals surface area contributed by atoms with Crippen LogP contribution in [0.2, 0.25) is 0 Å². The van der Waals surface area contributed by atoms with Crippen LogP contribution in [0, 0.1) is 17.5 Å². The highest BCUT2D eigenvalue weighted by Crippen LogP contribution is 2.17. The minimum absolute atomic E-state index is 0.0382. The molecule has 1 aromatic heterocycles. The fourth-order valence-electron chi connectivity index (χ4n) is 1.99. The number of carboxylic acid groups (broad SMARTS) is 1. The molecule has 0 radical (unpaired) electrons. The summed E-state index contributed by atoms with van der Waals surface area (Å²) in [6.07, 6.45) is 0.527. The van der Waals surface area contributed by atoms with Crippen LogP contribution in [-0.4, -0.2) is 27.2 Å². The number of carbonyl (C=O) groups is 3. The van der Waals surface area contributed by atoms with Gasteiger partial charge in [-0.3, -0.25) is 9.59 Å². The molecule has 0 bridgehead atoms. The molecule has 23 heavy (non-hydrogen) atoms. The van der Waals surface area contributed by atoms with E-state index in [0.717, 1.165) is 0 Å². The first-order valence-electron chi connectivity index (χ1n) is 6.37. The van der Waals surface area contributed by atoms with Crippen molar-refractivity contribution in [2.24, 2.45) is 0 Å². The van der Waals surface area contributed by atoms with Gasteiger partial charge in [-0.25, -0.2) is 18.0 Å². The van der Waals surface area contributed by atoms with E-state index in [9.17, 15) is 27.6 Å². The highest BCUT2D eigenvalue weighted by molar-refractivity contribution is 6.37. The van der Waals surface area contributed by atoms with Crippen LogP contribution < -0.4 is 0 Å². The van der Waals surface area contributed by atoms with E-state index < -0.39 is 41.4 Å². The Morgan fingerprint density at radius 3 is 2.35 bits per heavy atom. The number of rotatable bonds is 6. The zero-order valence-electron chi connectivity index (χ0n) is 11.6. The van der Waals surface area contributed by atoms with Gasteiger partial charge in [0.05, 0.1) is 18.7 Å². The fraction of sp³-hybridized carbons (Fsp3) is 0.133. The van der Waals surface area contributed by atoms with E-state index in [0.29, 0.717) is 12.1 Å². The molecule has 0 amide bonds. The molecule has 0 aliphatic carbocycles. The van der Waals surface area contributed by atoms with Crippen LogP contribution >= 0.6 is 0 Å². The summed E-state index contributed by atoms with van der Waals surface area (Å²) < 4.78 is 40.9. The van der Waals surface area contributed by atoms with E-state index in [-0.39, 0.29) is 17.8 Å². The van der Waals surface area contributed by atoms with Gasteiger partial charge in [0.1, 0.15) is 5.82 Å². The quantitative estimate of drug-likeness (QED) is 0.382. The van der Waals surface area contributed by atoms with Crippen molar-refractivity contribution in [3.8, 4) is 0 Å². The van der Waals surface area contributed by atoms with Crippen LogP contribution in [0.5, 0.6) is 0 Å². The molecule has 2 rings (SSSR count). The van der Waals surface area contributed by atoms with Crippen molar-refractivity contribution < 1.29 is 32.7 Å². The molecule has 0 aliphatic rings. The van der Waals surface area contributed by atoms with Crippen LogP contribution in [0.1, 0.15) is 22.5 Å². The zero-order chi connectivity index (χ0) is 17.1. The smallest absolute Gasteiger partial charge is 0.372 e. The Labute approximate surface area is 128 Å². The number of ketones is 2. The number of nitrogens with zero attached hydrogens (tertiary/aromatic N) is 1. The number of carboxylic acids is 1. The van der Waals surface area contributed by atoms with Crippen LogP contribution in [0.15, 0.2) is 30.5 Å². The van der Waals surface area contributed by atoms with Gasteiger partial charge >= 0.3 is 5.97 Å². The standard InChI is InChI=1S/C15H10F3NO4/c16-9-5-11(18)10(17)4-8(9)7-19-3-1-2-12(19)13(20)6-14(21)15(22)23/h1-5H,6-7H2,(H,22,23). The summed E-state index contributed by atoms with van der Waals surface area (Å²) in [5, 5.41) is 8.49. The van der Waals surface area contributed by atoms with Crippen LogP contribution in [0.25, 0.3) is 0 Å². The van der Waals surface area contributed by atoms with Crippen molar-refractivity contribution in [2.75, 3.05) is 0 Å². The molecule has 0 fully saturated rings. The van der Waals surface area contributed by atoms with Crippen molar-refractivity contribution in [3.63, 3.8) is 0 Å². The summed E-state index contributed by atoms with van der Waals surface area (Å²) in [6.45, 7) is -0.279. The average Bonchev–Trinajstić information content (AvgIpc) is 2.92. The molecule has 0 saturated carbocycles. The molecule has 0 aliphatic heterocycles. The highest BCUT2D eigenvalue weighted by atomic mass is 19.2. The molecule has 120 valence electrons. The molecule has 0 saturated heterocycles. The lowest BCUT2D eigenvalue weighted by Gasteiger charge is -2.09. The molecule has 1 N–H and O–H groups in total. The lowest BCUT2D eigenvalue weighted by Crippen LogP contribution is -2.19. The zero-order valence-corrected chi connectivity index (χ0v) is 11.6. The first-order valence-corrected chi connectivity index (χ1v) is 6.37. The van der Waals surface area contributed by atoms with Gasteiger partial charge in [-0.15, -0.1) is 0 Å². The largest absolute Gasteiger partial charge is 0.475 e. The molecular weight excluding hydrogens is 315 g/mol. The van der Waals surface area contributed by atoms with E-state index in [1.807, 2.05) is 0 Å². The number of carbonyl (C=O) groups excluding carboxylic acids is 2. The Bertz CT molecular complexity index is 798. The second-order valence-electron chi connectivity index (χ2n) is 4.71. The first kappa shape index (κ1) is 16.5. The molecule has 0 unspecified atom stereocenters. The van der Waals surface area contributed by atoms with E-state index >= 15 is 0 Å². The second kappa shape index (κ2) is 6.47. The van der Waals surface area contributed by atoms with E-state index in [2.05, 4.69) is 0 Å². The predicted molar refractivity (Wildman–Crippen MR) is 71.4 cm³/mol. The minimum Gasteiger partial charge on any atom is -0.475 e. The molecular formula is C15H10F3NO4. The summed E-state index contributed by atoms with van der Waals surface area (Å²) in [5.74, 6) is -7.34. The Balaban J connectivity index is 2.25. The van der Waals surface area contributed by atoms with Gasteiger partial charge in [-0.05, 0) is 18.2 Å². The van der Waals surface area contributed by atoms with Gasteiger partial charge in [0.25, 0.3) is 0 Å². The van der Waals surface area contributed by atoms with Crippen molar-refractivity contribution in [1.82, 2.24) is 4.57 Å². The van der Waals surface area contributed by atoms with Crippen LogP contribution in [0.3, 0.4) is 0 Å². The van der Waals surface area contributed by atoms with Gasteiger partial charge in [-0.1, -0.05) is 0 Å². The Morgan fingerprint density at radius 1 is 1.04 bits per heavy atom. The molecule has 5 nitrogen and oxygen atoms in total. The van der Waals surface area contributed by atoms with Gasteiger partial charge in [0.15, 0.2) is 17.4 Å². The van der Waals surface area contributed by atoms with E-state index in [1.54, 1.807) is 0 Å². The lowest BCUT2D eigenvalue weighted by molar-refractivity contribution is -0.148. The van der Waals surface area contributed by atoms with Gasteiger partial charge in [-0.2, -0.15) is 0 Å². The predicted octanol–water partition coefficient (Wildman–Crippen LogP) is 2.18. The highest BCUT2D eigenvalue weighted by Gasteiger charge is 2.20. The summed E-state index contributed by atoms with van der Waals surface area (Å²) in [6, 6.07) is 3.80. The first-order chi connectivity index (χ1) is 10.8. The number of aliphatic carboxylic acids is 1. The number of Topliss-reactive ketones (excluding diaryl/α,β-unsaturated/α-hetero) is 2. The lowest BCUT2D eigenvalue weighted by atomic mass is 10.1. The third-order valence-electron chi connectivity index (χ3n) is 3.10. The number of aromatic nitrogens is 1. The number of halogens is 3. The molecule has 2 aromatic rings. The molecule has 1 heterocycles. The normalized spacial score (nSPS) is 10.6. The van der Waals surface area contributed by atoms with Crippen LogP contribution in [-0.2, 0) is 16.1 Å². The fourth-order valence-corrected chi connectivity index (χ4v) is 1.99. The van der Waals surface area contributed by atoms with Gasteiger partial charge in [0.2, 0.25) is 5.78 Å². The third kappa shape index (κ3) is 3.65. The average molecular weight is 325 g/mol. The molecule has 1 aromatic carbocycles. The van der Waals surface area contributed by atoms with E-state index in [4.69, 9.17) is 5.11 Å². The number of benzene rings is 1. The van der Waals surface area contributed by atoms with Crippen molar-refractivity contribution in [2.45, 2.75) is 13.0 Å². The summed E-state index contributed by atoms with van der Waals surface area (Å²) in [5.41, 5.74) is -0.234. The Kier molecular flexibility index (Phi) is 4.63. The Morgan fingerprint density at radius 2 is 1.70 bits per heavy atom. The minimum atomic E-state index is -1.73. The van der Waals surface area contributed by atoms with Crippen LogP contribution in [0.4, 0.5) is 13.2 Å². The molecule has 0 atom stereocenters. The number of hydrogen-bond donors (Lipinski definition) is 1. The second-order valence-corrected chi connectivity index (χ2v) is 4.71. The summed E-state index contributed by atoms with van der Waals surface area (Å²) >= 11 is 0. The maximum absolute atomic E-state index is 13.6. The van der Waals surface area contributed by atoms with Gasteiger partial charge < -0.3 is 9.67 Å². The topological polar surface area (TPSA) is 76.4 Å². The summed E-state index contributed by atoms with van der Waals surface area (Å²) in [4.78, 5) is 33.4. The van der Waals surface area contributed by atoms with Gasteiger partial charge in [0, 0.05) is 17.8 Å². The van der Waals surface area contributed by atoms with Crippen molar-refractivity contribution >= 4 is 17.5 Å². The SMILES string of the molecule is O=C(O)C(=O)CC(=O)c1cccn1Cc1cc(F)c(F)cc1F. The monoisotopic (exact) mass is 325 g/mol. The third-order valence-corrected chi connectivity index (χ3v) is 3.10. The maximum Gasteiger partial charge on any atom is 0.372 e. The van der Waals surface area contributed by atoms with E-state index in [1.165, 1.54) is 22.9 Å². The van der Waals surface area contributed by atoms with Crippen molar-refractivity contribution in [3.05, 3.63) is 59.2 Å². The molecule has 8 heteroatoms. The molecule has 0 spiro atoms. The Hall–Kier alpha value is -2.90. The maximum atomic E-state index is 13.6. The summed E-state index contributed by atoms with van der Waals surface area (Å²) in [7, 11) is 0.